The first-order chi connectivity index (χ1) is 9.02. The van der Waals surface area contributed by atoms with E-state index < -0.39 is 5.54 Å². The number of Topliss-reactive ketones (excluding diaryl/α,β-unsaturated/α-hetero) is 1. The Balaban J connectivity index is 2.49. The molecule has 19 heavy (non-hydrogen) atoms. The van der Waals surface area contributed by atoms with Gasteiger partial charge in [-0.2, -0.15) is 0 Å². The van der Waals surface area contributed by atoms with Crippen molar-refractivity contribution in [3.63, 3.8) is 0 Å². The molecule has 1 aromatic carbocycles. The van der Waals surface area contributed by atoms with Crippen LogP contribution in [0.15, 0.2) is 35.5 Å². The Hall–Kier alpha value is -2.26. The van der Waals surface area contributed by atoms with Crippen LogP contribution < -0.4 is 4.74 Å². The number of ether oxygens (including phenoxy) is 1. The lowest BCUT2D eigenvalue weighted by Crippen LogP contribution is -2.33. The smallest absolute Gasteiger partial charge is 0.175 e. The highest BCUT2D eigenvalue weighted by molar-refractivity contribution is 6.08. The second-order valence-corrected chi connectivity index (χ2v) is 4.88. The highest BCUT2D eigenvalue weighted by Crippen LogP contribution is 2.38. The van der Waals surface area contributed by atoms with Gasteiger partial charge < -0.3 is 4.74 Å². The van der Waals surface area contributed by atoms with E-state index in [1.807, 2.05) is 13.0 Å². The molecule has 0 aromatic heterocycles. The largest absolute Gasteiger partial charge is 0.497 e. The summed E-state index contributed by atoms with van der Waals surface area (Å²) in [7, 11) is 1.58. The topological polar surface area (TPSA) is 75.1 Å². The van der Waals surface area contributed by atoms with E-state index in [9.17, 15) is 4.79 Å². The molecule has 0 spiro atoms. The Bertz CT molecular complexity index is 603. The van der Waals surface area contributed by atoms with Crippen molar-refractivity contribution in [1.82, 2.24) is 0 Å². The van der Waals surface area contributed by atoms with Gasteiger partial charge in [0.05, 0.1) is 7.11 Å². The number of ketones is 1. The highest BCUT2D eigenvalue weighted by atomic mass is 16.5. The summed E-state index contributed by atoms with van der Waals surface area (Å²) in [6.45, 7) is 5.64. The zero-order valence-corrected chi connectivity index (χ0v) is 11.0. The van der Waals surface area contributed by atoms with Crippen LogP contribution >= 0.6 is 0 Å². The van der Waals surface area contributed by atoms with Gasteiger partial charge in [0.1, 0.15) is 11.3 Å². The molecule has 5 heteroatoms. The molecule has 0 saturated carbocycles. The van der Waals surface area contributed by atoms with Crippen LogP contribution in [0.5, 0.6) is 5.75 Å². The number of fused-ring (bicyclic) bond motifs is 1. The number of benzene rings is 1. The van der Waals surface area contributed by atoms with Crippen molar-refractivity contribution >= 4 is 5.78 Å². The Morgan fingerprint density at radius 2 is 2.37 bits per heavy atom. The van der Waals surface area contributed by atoms with Gasteiger partial charge in [-0.3, -0.25) is 4.79 Å². The van der Waals surface area contributed by atoms with Crippen molar-refractivity contribution in [2.24, 2.45) is 5.11 Å². The first-order valence-corrected chi connectivity index (χ1v) is 5.95. The van der Waals surface area contributed by atoms with Crippen LogP contribution in [-0.4, -0.2) is 18.4 Å². The number of methoxy groups -OCH3 is 1. The molecule has 0 amide bonds. The molecule has 2 rings (SSSR count). The molecule has 0 unspecified atom stereocenters. The monoisotopic (exact) mass is 257 g/mol. The minimum atomic E-state index is -1.06. The molecule has 1 aromatic rings. The van der Waals surface area contributed by atoms with E-state index in [0.29, 0.717) is 24.2 Å². The van der Waals surface area contributed by atoms with Gasteiger partial charge in [0, 0.05) is 10.5 Å². The van der Waals surface area contributed by atoms with E-state index in [0.717, 1.165) is 11.1 Å². The summed E-state index contributed by atoms with van der Waals surface area (Å²) in [5.74, 6) is 0.560. The van der Waals surface area contributed by atoms with Crippen molar-refractivity contribution in [3.8, 4) is 5.75 Å². The summed E-state index contributed by atoms with van der Waals surface area (Å²) in [6, 6.07) is 5.29. The Morgan fingerprint density at radius 1 is 1.63 bits per heavy atom. The predicted octanol–water partition coefficient (Wildman–Crippen LogP) is 3.45. The third-order valence-corrected chi connectivity index (χ3v) is 3.29. The Morgan fingerprint density at radius 3 is 2.95 bits per heavy atom. The lowest BCUT2D eigenvalue weighted by Gasteiger charge is -2.20. The van der Waals surface area contributed by atoms with Crippen LogP contribution in [0, 0.1) is 0 Å². The van der Waals surface area contributed by atoms with Crippen molar-refractivity contribution in [3.05, 3.63) is 51.9 Å². The average Bonchev–Trinajstić information content (AvgIpc) is 2.61. The van der Waals surface area contributed by atoms with Gasteiger partial charge in [0.25, 0.3) is 0 Å². The Labute approximate surface area is 111 Å². The number of azide groups is 1. The molecule has 0 saturated heterocycles. The van der Waals surface area contributed by atoms with Crippen molar-refractivity contribution in [2.75, 3.05) is 7.11 Å². The minimum Gasteiger partial charge on any atom is -0.497 e. The van der Waals surface area contributed by atoms with E-state index in [4.69, 9.17) is 10.3 Å². The lowest BCUT2D eigenvalue weighted by molar-refractivity contribution is 0.0907. The number of carbonyl (C=O) groups is 1. The first kappa shape index (κ1) is 13.2. The fraction of sp³-hybridized carbons (Fsp3) is 0.357. The molecule has 0 bridgehead atoms. The second-order valence-electron chi connectivity index (χ2n) is 4.88. The molecule has 0 heterocycles. The van der Waals surface area contributed by atoms with Crippen LogP contribution in [0.2, 0.25) is 0 Å². The zero-order valence-electron chi connectivity index (χ0n) is 11.0. The van der Waals surface area contributed by atoms with Crippen LogP contribution in [0.25, 0.3) is 10.4 Å². The van der Waals surface area contributed by atoms with Crippen LogP contribution in [-0.2, 0) is 6.42 Å². The standard InChI is InChI=1S/C14H15N3O2/c1-9(2)7-14(16-17-15)8-10-6-11(19-3)4-5-12(10)13(14)18/h4-6H,1,7-8H2,2-3H3/t14-/m1/s1. The number of rotatable bonds is 4. The summed E-state index contributed by atoms with van der Waals surface area (Å²) in [4.78, 5) is 15.3. The van der Waals surface area contributed by atoms with Gasteiger partial charge in [-0.15, -0.1) is 6.58 Å². The number of hydrogen-bond acceptors (Lipinski definition) is 3. The SMILES string of the molecule is C=C(C)C[C@@]1(N=[N+]=[N-])Cc2cc(OC)ccc2C1=O. The predicted molar refractivity (Wildman–Crippen MR) is 72.3 cm³/mol. The van der Waals surface area contributed by atoms with Gasteiger partial charge in [-0.1, -0.05) is 10.7 Å². The second kappa shape index (κ2) is 4.78. The Kier molecular flexibility index (Phi) is 3.32. The van der Waals surface area contributed by atoms with E-state index >= 15 is 0 Å². The van der Waals surface area contributed by atoms with Gasteiger partial charge in [0.2, 0.25) is 0 Å². The van der Waals surface area contributed by atoms with Crippen LogP contribution in [0.3, 0.4) is 0 Å². The van der Waals surface area contributed by atoms with Crippen molar-refractivity contribution in [1.29, 1.82) is 0 Å². The highest BCUT2D eigenvalue weighted by Gasteiger charge is 2.44. The molecule has 1 atom stereocenters. The van der Waals surface area contributed by atoms with E-state index in [-0.39, 0.29) is 5.78 Å². The van der Waals surface area contributed by atoms with Gasteiger partial charge in [-0.05, 0) is 49.1 Å². The van der Waals surface area contributed by atoms with Crippen molar-refractivity contribution < 1.29 is 9.53 Å². The molecular weight excluding hydrogens is 242 g/mol. The molecule has 1 aliphatic rings. The fourth-order valence-corrected chi connectivity index (χ4v) is 2.55. The van der Waals surface area contributed by atoms with Gasteiger partial charge in [0.15, 0.2) is 5.78 Å². The van der Waals surface area contributed by atoms with E-state index in [1.54, 1.807) is 19.2 Å². The summed E-state index contributed by atoms with van der Waals surface area (Å²) >= 11 is 0. The maximum absolute atomic E-state index is 12.5. The zero-order chi connectivity index (χ0) is 14.0. The molecule has 0 fully saturated rings. The van der Waals surface area contributed by atoms with Gasteiger partial charge >= 0.3 is 0 Å². The number of nitrogens with zero attached hydrogens (tertiary/aromatic N) is 3. The lowest BCUT2D eigenvalue weighted by atomic mass is 9.88. The molecule has 1 aliphatic carbocycles. The third-order valence-electron chi connectivity index (χ3n) is 3.29. The summed E-state index contributed by atoms with van der Waals surface area (Å²) < 4.78 is 5.15. The van der Waals surface area contributed by atoms with Crippen LogP contribution in [0.1, 0.15) is 29.3 Å². The molecule has 98 valence electrons. The van der Waals surface area contributed by atoms with Gasteiger partial charge in [-0.25, -0.2) is 0 Å². The molecule has 0 N–H and O–H groups in total. The molecule has 5 nitrogen and oxygen atoms in total. The van der Waals surface area contributed by atoms with E-state index in [2.05, 4.69) is 16.6 Å². The maximum atomic E-state index is 12.5. The minimum absolute atomic E-state index is 0.133. The number of carbonyl (C=O) groups excluding carboxylic acids is 1. The molecular formula is C14H15N3O2. The van der Waals surface area contributed by atoms with Crippen LogP contribution in [0.4, 0.5) is 0 Å². The first-order valence-electron chi connectivity index (χ1n) is 5.95. The summed E-state index contributed by atoms with van der Waals surface area (Å²) in [5.41, 5.74) is 9.98. The van der Waals surface area contributed by atoms with Crippen molar-refractivity contribution in [2.45, 2.75) is 25.3 Å². The van der Waals surface area contributed by atoms with E-state index in [1.165, 1.54) is 0 Å². The average molecular weight is 257 g/mol. The molecule has 0 radical (unpaired) electrons. The summed E-state index contributed by atoms with van der Waals surface area (Å²) in [5, 5.41) is 3.78. The normalized spacial score (nSPS) is 20.6. The third kappa shape index (κ3) is 2.20. The molecule has 0 aliphatic heterocycles. The summed E-state index contributed by atoms with van der Waals surface area (Å²) in [6.07, 6.45) is 0.766. The quantitative estimate of drug-likeness (QED) is 0.358. The maximum Gasteiger partial charge on any atom is 0.175 e. The fourth-order valence-electron chi connectivity index (χ4n) is 2.55. The number of hydrogen-bond donors (Lipinski definition) is 0.